The van der Waals surface area contributed by atoms with Crippen LogP contribution in [0.25, 0.3) is 0 Å². The number of halogens is 5. The van der Waals surface area contributed by atoms with Crippen molar-refractivity contribution in [3.05, 3.63) is 64.2 Å². The molecule has 218 valence electrons. The number of hydrazine groups is 1. The predicted molar refractivity (Wildman–Crippen MR) is 145 cm³/mol. The van der Waals surface area contributed by atoms with Gasteiger partial charge in [0.25, 0.3) is 5.91 Å². The van der Waals surface area contributed by atoms with Crippen LogP contribution in [-0.4, -0.2) is 48.7 Å². The smallest absolute Gasteiger partial charge is 0.307 e. The topological polar surface area (TPSA) is 71.5 Å². The average molecular weight is 566 g/mol. The highest BCUT2D eigenvalue weighted by atomic mass is 19.4. The number of hydrogen-bond acceptors (Lipinski definition) is 4. The summed E-state index contributed by atoms with van der Waals surface area (Å²) in [6.45, 7) is 0.814. The third-order valence-corrected chi connectivity index (χ3v) is 8.89. The Morgan fingerprint density at radius 2 is 1.90 bits per heavy atom. The number of amides is 1. The second kappa shape index (κ2) is 9.80. The second-order valence-electron chi connectivity index (χ2n) is 11.7. The summed E-state index contributed by atoms with van der Waals surface area (Å²) in [5.74, 6) is -0.524. The summed E-state index contributed by atoms with van der Waals surface area (Å²) in [4.78, 5) is 14.8. The summed E-state index contributed by atoms with van der Waals surface area (Å²) in [6, 6.07) is 9.18. The van der Waals surface area contributed by atoms with Gasteiger partial charge in [-0.3, -0.25) is 15.2 Å². The zero-order valence-corrected chi connectivity index (χ0v) is 22.8. The molecule has 11 heteroatoms. The Balaban J connectivity index is 0.00000387. The Bertz CT molecular complexity index is 1340. The zero-order valence-electron chi connectivity index (χ0n) is 22.8. The minimum atomic E-state index is -4.64. The fourth-order valence-corrected chi connectivity index (χ4v) is 6.27. The van der Waals surface area contributed by atoms with Crippen LogP contribution in [0, 0.1) is 5.41 Å². The molecule has 0 radical (unpaired) electrons. The second-order valence-corrected chi connectivity index (χ2v) is 11.7. The molecule has 1 amide bonds. The number of fused-ring (bicyclic) bond motifs is 1. The van der Waals surface area contributed by atoms with Gasteiger partial charge in [0.15, 0.2) is 0 Å². The van der Waals surface area contributed by atoms with Gasteiger partial charge in [0, 0.05) is 51.7 Å². The van der Waals surface area contributed by atoms with Gasteiger partial charge in [-0.1, -0.05) is 12.1 Å². The summed E-state index contributed by atoms with van der Waals surface area (Å²) in [5, 5.41) is 13.4. The van der Waals surface area contributed by atoms with E-state index in [1.165, 1.54) is 16.0 Å². The number of nitrogens with zero attached hydrogens (tertiary/aromatic N) is 2. The van der Waals surface area contributed by atoms with Crippen molar-refractivity contribution in [3.63, 3.8) is 0 Å². The molecule has 3 aliphatic rings. The molecule has 2 saturated carbocycles. The summed E-state index contributed by atoms with van der Waals surface area (Å²) >= 11 is 0. The van der Waals surface area contributed by atoms with Gasteiger partial charge in [-0.25, -0.2) is 14.2 Å². The molecule has 2 fully saturated rings. The highest BCUT2D eigenvalue weighted by Gasteiger charge is 2.60. The minimum absolute atomic E-state index is 0. The van der Waals surface area contributed by atoms with Crippen molar-refractivity contribution in [1.82, 2.24) is 15.8 Å². The lowest BCUT2D eigenvalue weighted by atomic mass is 9.56. The normalized spacial score (nSPS) is 25.3. The number of benzene rings is 2. The summed E-state index contributed by atoms with van der Waals surface area (Å²) < 4.78 is 70.8. The van der Waals surface area contributed by atoms with Gasteiger partial charge >= 0.3 is 6.18 Å². The monoisotopic (exact) mass is 565 g/mol. The minimum Gasteiger partial charge on any atom is -0.307 e. The molecule has 2 aromatic rings. The number of alkyl halides is 5. The van der Waals surface area contributed by atoms with E-state index < -0.39 is 35.4 Å². The number of likely N-dealkylation sites (N-methyl/N-ethyl adjacent to an activating group) is 1. The standard InChI is InChI=1S/C29H34F5N5O.H2/c1-26(8-5-9-26)37-13-18-10-21-22(23(11-18)29(32,33)34)14-39(24(21)40)20-7-4-6-19(12-20)28(25(35)38(3)36-2)15-27(31,16-28)17-30;/h4,6-7,10-12,35-37H,5,8-9,13-17H2,1-3H3;1H. The first-order chi connectivity index (χ1) is 18.7. The molecule has 0 aromatic heterocycles. The first-order valence-corrected chi connectivity index (χ1v) is 13.4. The first-order valence-electron chi connectivity index (χ1n) is 13.4. The van der Waals surface area contributed by atoms with E-state index in [0.29, 0.717) is 16.8 Å². The molecule has 2 aromatic carbocycles. The SMILES string of the molecule is CNN(C)C(=N)C1(c2cccc(N3Cc4c(cc(CNC5(C)CCC5)cc4C(F)(F)F)C3=O)c2)CC(F)(CF)C1.[HH]. The van der Waals surface area contributed by atoms with Gasteiger partial charge in [-0.2, -0.15) is 13.2 Å². The van der Waals surface area contributed by atoms with Crippen molar-refractivity contribution in [1.29, 1.82) is 5.41 Å². The number of rotatable bonds is 8. The maximum Gasteiger partial charge on any atom is 0.416 e. The fraction of sp³-hybridized carbons (Fsp3) is 0.517. The van der Waals surface area contributed by atoms with Crippen LogP contribution in [0.4, 0.5) is 27.6 Å². The number of carbonyl (C=O) groups is 1. The predicted octanol–water partition coefficient (Wildman–Crippen LogP) is 5.90. The maximum atomic E-state index is 14.9. The number of anilines is 1. The Hall–Kier alpha value is -3.05. The molecule has 40 heavy (non-hydrogen) atoms. The van der Waals surface area contributed by atoms with E-state index in [-0.39, 0.29) is 49.9 Å². The van der Waals surface area contributed by atoms with Gasteiger partial charge in [-0.05, 0) is 67.1 Å². The fourth-order valence-electron chi connectivity index (χ4n) is 6.27. The van der Waals surface area contributed by atoms with Gasteiger partial charge in [0.1, 0.15) is 18.2 Å². The first kappa shape index (κ1) is 28.5. The van der Waals surface area contributed by atoms with Crippen LogP contribution in [0.1, 0.15) is 73.1 Å². The van der Waals surface area contributed by atoms with E-state index in [0.717, 1.165) is 25.3 Å². The molecule has 1 heterocycles. The summed E-state index contributed by atoms with van der Waals surface area (Å²) in [7, 11) is 3.20. The van der Waals surface area contributed by atoms with Crippen molar-refractivity contribution in [2.45, 2.75) is 74.9 Å². The lowest BCUT2D eigenvalue weighted by Gasteiger charge is -2.52. The van der Waals surface area contributed by atoms with Crippen LogP contribution in [0.3, 0.4) is 0 Å². The van der Waals surface area contributed by atoms with Gasteiger partial charge in [0.05, 0.1) is 17.5 Å². The van der Waals surface area contributed by atoms with Gasteiger partial charge < -0.3 is 10.2 Å². The van der Waals surface area contributed by atoms with Crippen LogP contribution in [-0.2, 0) is 24.7 Å². The lowest BCUT2D eigenvalue weighted by molar-refractivity contribution is -0.138. The van der Waals surface area contributed by atoms with Crippen molar-refractivity contribution in [3.8, 4) is 0 Å². The van der Waals surface area contributed by atoms with Crippen LogP contribution in [0.2, 0.25) is 0 Å². The molecule has 3 N–H and O–H groups in total. The Labute approximate surface area is 231 Å². The van der Waals surface area contributed by atoms with E-state index in [9.17, 15) is 26.7 Å². The molecule has 5 rings (SSSR count). The van der Waals surface area contributed by atoms with Gasteiger partial charge in [-0.15, -0.1) is 0 Å². The average Bonchev–Trinajstić information content (AvgIpc) is 3.23. The lowest BCUT2D eigenvalue weighted by Crippen LogP contribution is -2.62. The highest BCUT2D eigenvalue weighted by Crippen LogP contribution is 2.54. The Kier molecular flexibility index (Phi) is 6.97. The molecular weight excluding hydrogens is 529 g/mol. The quantitative estimate of drug-likeness (QED) is 0.161. The molecule has 6 nitrogen and oxygen atoms in total. The number of nitrogens with one attached hydrogen (secondary N) is 3. The summed E-state index contributed by atoms with van der Waals surface area (Å²) in [5.41, 5.74) is -0.194. The Morgan fingerprint density at radius 3 is 2.48 bits per heavy atom. The largest absolute Gasteiger partial charge is 0.416 e. The highest BCUT2D eigenvalue weighted by molar-refractivity contribution is 6.10. The van der Waals surface area contributed by atoms with E-state index in [1.807, 2.05) is 6.92 Å². The van der Waals surface area contributed by atoms with Crippen LogP contribution in [0.5, 0.6) is 0 Å². The van der Waals surface area contributed by atoms with E-state index in [2.05, 4.69) is 10.7 Å². The molecule has 0 saturated heterocycles. The molecule has 0 unspecified atom stereocenters. The van der Waals surface area contributed by atoms with E-state index in [1.54, 1.807) is 38.4 Å². The number of hydrogen-bond donors (Lipinski definition) is 3. The summed E-state index contributed by atoms with van der Waals surface area (Å²) in [6.07, 6.45) is -2.19. The third-order valence-electron chi connectivity index (χ3n) is 8.89. The number of carbonyl (C=O) groups excluding carboxylic acids is 1. The maximum absolute atomic E-state index is 14.9. The molecular formula is C29H36F5N5O. The van der Waals surface area contributed by atoms with E-state index in [4.69, 9.17) is 5.41 Å². The zero-order chi connectivity index (χ0) is 29.1. The van der Waals surface area contributed by atoms with E-state index >= 15 is 0 Å². The van der Waals surface area contributed by atoms with Crippen LogP contribution < -0.4 is 15.6 Å². The van der Waals surface area contributed by atoms with Crippen molar-refractivity contribution >= 4 is 17.4 Å². The molecule has 1 aliphatic heterocycles. The molecule has 0 spiro atoms. The van der Waals surface area contributed by atoms with Gasteiger partial charge in [0.2, 0.25) is 0 Å². The van der Waals surface area contributed by atoms with Crippen LogP contribution >= 0.6 is 0 Å². The molecule has 0 atom stereocenters. The number of amidine groups is 1. The van der Waals surface area contributed by atoms with Crippen molar-refractivity contribution in [2.75, 3.05) is 25.7 Å². The van der Waals surface area contributed by atoms with Crippen molar-refractivity contribution in [2.24, 2.45) is 0 Å². The molecule has 0 bridgehead atoms. The molecule has 2 aliphatic carbocycles. The Morgan fingerprint density at radius 1 is 1.20 bits per heavy atom. The van der Waals surface area contributed by atoms with Crippen molar-refractivity contribution < 1.29 is 28.2 Å². The van der Waals surface area contributed by atoms with Crippen LogP contribution in [0.15, 0.2) is 36.4 Å². The third kappa shape index (κ3) is 4.76.